The van der Waals surface area contributed by atoms with Gasteiger partial charge in [0.05, 0.1) is 6.67 Å². The van der Waals surface area contributed by atoms with Crippen molar-refractivity contribution in [3.05, 3.63) is 11.9 Å². The maximum Gasteiger partial charge on any atom is 0.353 e. The van der Waals surface area contributed by atoms with Gasteiger partial charge in [-0.05, 0) is 0 Å². The highest BCUT2D eigenvalue weighted by molar-refractivity contribution is 5.86. The molecule has 4 nitrogen and oxygen atoms in total. The average Bonchev–Trinajstić information content (AvgIpc) is 2.12. The van der Waals surface area contributed by atoms with E-state index in [2.05, 4.69) is 10.6 Å². The molecule has 44 valence electrons. The second-order valence-electron chi connectivity index (χ2n) is 1.42. The highest BCUT2D eigenvalue weighted by Gasteiger charge is 2.08. The summed E-state index contributed by atoms with van der Waals surface area (Å²) in [6.45, 7) is 0.516. The molecule has 1 aliphatic heterocycles. The van der Waals surface area contributed by atoms with Crippen molar-refractivity contribution in [2.45, 2.75) is 0 Å². The number of nitrogens with one attached hydrogen (secondary N) is 2. The van der Waals surface area contributed by atoms with Crippen LogP contribution >= 0.6 is 0 Å². The van der Waals surface area contributed by atoms with Gasteiger partial charge in [-0.3, -0.25) is 0 Å². The first-order chi connectivity index (χ1) is 3.80. The van der Waals surface area contributed by atoms with E-state index in [1.54, 1.807) is 0 Å². The van der Waals surface area contributed by atoms with Crippen molar-refractivity contribution in [3.63, 3.8) is 0 Å². The SMILES string of the molecule is O=C(O)C1=CNCN1. The molecule has 1 heterocycles. The van der Waals surface area contributed by atoms with E-state index >= 15 is 0 Å². The Morgan fingerprint density at radius 3 is 2.88 bits per heavy atom. The van der Waals surface area contributed by atoms with Crippen molar-refractivity contribution in [3.8, 4) is 0 Å². The van der Waals surface area contributed by atoms with E-state index in [1.807, 2.05) is 0 Å². The molecule has 0 radical (unpaired) electrons. The quantitative estimate of drug-likeness (QED) is 0.412. The summed E-state index contributed by atoms with van der Waals surface area (Å²) in [5, 5.41) is 13.5. The minimum absolute atomic E-state index is 0.227. The van der Waals surface area contributed by atoms with Crippen LogP contribution in [-0.2, 0) is 4.79 Å². The van der Waals surface area contributed by atoms with Crippen molar-refractivity contribution < 1.29 is 9.90 Å². The van der Waals surface area contributed by atoms with Gasteiger partial charge in [-0.1, -0.05) is 0 Å². The molecule has 0 saturated carbocycles. The third-order valence-electron chi connectivity index (χ3n) is 0.858. The van der Waals surface area contributed by atoms with Gasteiger partial charge in [0.2, 0.25) is 0 Å². The normalized spacial score (nSPS) is 16.2. The summed E-state index contributed by atoms with van der Waals surface area (Å²) in [6.07, 6.45) is 1.43. The zero-order valence-corrected chi connectivity index (χ0v) is 4.14. The molecule has 3 N–H and O–H groups in total. The average molecular weight is 114 g/mol. The molecular weight excluding hydrogens is 108 g/mol. The summed E-state index contributed by atoms with van der Waals surface area (Å²) in [6, 6.07) is 0. The maximum atomic E-state index is 10.0. The lowest BCUT2D eigenvalue weighted by Gasteiger charge is -1.91. The van der Waals surface area contributed by atoms with E-state index in [4.69, 9.17) is 5.11 Å². The Morgan fingerprint density at radius 1 is 1.88 bits per heavy atom. The number of carboxylic acids is 1. The van der Waals surface area contributed by atoms with Gasteiger partial charge >= 0.3 is 5.97 Å². The minimum atomic E-state index is -0.921. The lowest BCUT2D eigenvalue weighted by molar-refractivity contribution is -0.132. The monoisotopic (exact) mass is 114 g/mol. The zero-order chi connectivity index (χ0) is 5.98. The largest absolute Gasteiger partial charge is 0.477 e. The van der Waals surface area contributed by atoms with Crippen molar-refractivity contribution in [1.82, 2.24) is 10.6 Å². The first-order valence-corrected chi connectivity index (χ1v) is 2.21. The molecule has 0 spiro atoms. The van der Waals surface area contributed by atoms with E-state index in [0.29, 0.717) is 6.67 Å². The predicted octanol–water partition coefficient (Wildman–Crippen LogP) is -0.937. The molecule has 0 saturated heterocycles. The molecule has 1 aliphatic rings. The fraction of sp³-hybridized carbons (Fsp3) is 0.250. The Balaban J connectivity index is 2.57. The molecule has 4 heteroatoms. The number of carbonyl (C=O) groups is 1. The minimum Gasteiger partial charge on any atom is -0.477 e. The molecule has 1 rings (SSSR count). The second-order valence-corrected chi connectivity index (χ2v) is 1.42. The van der Waals surface area contributed by atoms with Gasteiger partial charge in [0.15, 0.2) is 0 Å². The highest BCUT2D eigenvalue weighted by atomic mass is 16.4. The van der Waals surface area contributed by atoms with Crippen molar-refractivity contribution >= 4 is 5.97 Å². The molecule has 0 bridgehead atoms. The van der Waals surface area contributed by atoms with Gasteiger partial charge in [0, 0.05) is 6.20 Å². The van der Waals surface area contributed by atoms with Crippen molar-refractivity contribution in [2.24, 2.45) is 0 Å². The Bertz CT molecular complexity index is 141. The molecule has 0 atom stereocenters. The number of aliphatic carboxylic acids is 1. The van der Waals surface area contributed by atoms with Gasteiger partial charge in [-0.15, -0.1) is 0 Å². The van der Waals surface area contributed by atoms with Crippen LogP contribution in [0.15, 0.2) is 11.9 Å². The second kappa shape index (κ2) is 1.73. The van der Waals surface area contributed by atoms with Crippen LogP contribution in [-0.4, -0.2) is 17.7 Å². The summed E-state index contributed by atoms with van der Waals surface area (Å²) >= 11 is 0. The number of carboxylic acid groups (broad SMARTS) is 1. The first kappa shape index (κ1) is 4.96. The maximum absolute atomic E-state index is 10.0. The van der Waals surface area contributed by atoms with Crippen LogP contribution < -0.4 is 10.6 Å². The molecule has 0 aliphatic carbocycles. The standard InChI is InChI=1S/C4H6N2O2/c7-4(8)3-1-5-2-6-3/h1,5-6H,2H2,(H,7,8). The van der Waals surface area contributed by atoms with Crippen LogP contribution in [0.4, 0.5) is 0 Å². The molecule has 0 aromatic rings. The molecule has 0 aromatic heterocycles. The van der Waals surface area contributed by atoms with Gasteiger partial charge in [-0.25, -0.2) is 4.79 Å². The fourth-order valence-corrected chi connectivity index (χ4v) is 0.488. The van der Waals surface area contributed by atoms with E-state index in [-0.39, 0.29) is 5.70 Å². The Morgan fingerprint density at radius 2 is 2.62 bits per heavy atom. The van der Waals surface area contributed by atoms with E-state index < -0.39 is 5.97 Å². The molecule has 0 unspecified atom stereocenters. The van der Waals surface area contributed by atoms with Gasteiger partial charge in [-0.2, -0.15) is 0 Å². The van der Waals surface area contributed by atoms with Gasteiger partial charge in [0.1, 0.15) is 5.70 Å². The Hall–Kier alpha value is -1.19. The summed E-state index contributed by atoms with van der Waals surface area (Å²) in [5.74, 6) is -0.921. The van der Waals surface area contributed by atoms with Crippen LogP contribution in [0, 0.1) is 0 Å². The smallest absolute Gasteiger partial charge is 0.353 e. The lowest BCUT2D eigenvalue weighted by Crippen LogP contribution is -2.18. The lowest BCUT2D eigenvalue weighted by atomic mass is 10.5. The van der Waals surface area contributed by atoms with E-state index in [9.17, 15) is 4.79 Å². The molecule has 0 amide bonds. The van der Waals surface area contributed by atoms with E-state index in [0.717, 1.165) is 0 Å². The molecular formula is C4H6N2O2. The molecule has 0 aromatic carbocycles. The predicted molar refractivity (Wildman–Crippen MR) is 26.9 cm³/mol. The number of rotatable bonds is 1. The number of hydrogen-bond acceptors (Lipinski definition) is 3. The van der Waals surface area contributed by atoms with Crippen LogP contribution in [0.25, 0.3) is 0 Å². The van der Waals surface area contributed by atoms with Crippen molar-refractivity contribution in [2.75, 3.05) is 6.67 Å². The van der Waals surface area contributed by atoms with Gasteiger partial charge < -0.3 is 15.7 Å². The van der Waals surface area contributed by atoms with E-state index in [1.165, 1.54) is 6.20 Å². The number of hydrogen-bond donors (Lipinski definition) is 3. The fourth-order valence-electron chi connectivity index (χ4n) is 0.488. The Labute approximate surface area is 46.2 Å². The summed E-state index contributed by atoms with van der Waals surface area (Å²) < 4.78 is 0. The van der Waals surface area contributed by atoms with Crippen molar-refractivity contribution in [1.29, 1.82) is 0 Å². The third kappa shape index (κ3) is 0.726. The Kier molecular flexibility index (Phi) is 1.07. The van der Waals surface area contributed by atoms with Crippen LogP contribution in [0.5, 0.6) is 0 Å². The molecule has 8 heavy (non-hydrogen) atoms. The van der Waals surface area contributed by atoms with Gasteiger partial charge in [0.25, 0.3) is 0 Å². The molecule has 0 fully saturated rings. The van der Waals surface area contributed by atoms with Crippen LogP contribution in [0.1, 0.15) is 0 Å². The third-order valence-corrected chi connectivity index (χ3v) is 0.858. The highest BCUT2D eigenvalue weighted by Crippen LogP contribution is 1.89. The summed E-state index contributed by atoms with van der Waals surface area (Å²) in [7, 11) is 0. The summed E-state index contributed by atoms with van der Waals surface area (Å²) in [5.41, 5.74) is 0.227. The summed E-state index contributed by atoms with van der Waals surface area (Å²) in [4.78, 5) is 10.0. The van der Waals surface area contributed by atoms with Crippen LogP contribution in [0.3, 0.4) is 0 Å². The first-order valence-electron chi connectivity index (χ1n) is 2.21. The van der Waals surface area contributed by atoms with Crippen LogP contribution in [0.2, 0.25) is 0 Å². The zero-order valence-electron chi connectivity index (χ0n) is 4.14. The topological polar surface area (TPSA) is 61.4 Å².